The van der Waals surface area contributed by atoms with Crippen molar-refractivity contribution in [3.05, 3.63) is 28.8 Å². The zero-order valence-corrected chi connectivity index (χ0v) is 14.6. The first-order chi connectivity index (χ1) is 10.9. The van der Waals surface area contributed by atoms with Crippen molar-refractivity contribution in [3.8, 4) is 5.75 Å². The highest BCUT2D eigenvalue weighted by molar-refractivity contribution is 6.30. The molecule has 0 saturated carbocycles. The Kier molecular flexibility index (Phi) is 5.88. The predicted molar refractivity (Wildman–Crippen MR) is 89.5 cm³/mol. The number of hydrogen-bond acceptors (Lipinski definition) is 3. The van der Waals surface area contributed by atoms with E-state index >= 15 is 0 Å². The van der Waals surface area contributed by atoms with Crippen LogP contribution in [0.25, 0.3) is 0 Å². The molecule has 0 bridgehead atoms. The largest absolute Gasteiger partial charge is 0.496 e. The summed E-state index contributed by atoms with van der Waals surface area (Å²) >= 11 is 6.03. The minimum Gasteiger partial charge on any atom is -0.496 e. The highest BCUT2D eigenvalue weighted by Crippen LogP contribution is 2.25. The Labute approximate surface area is 142 Å². The number of piperidine rings is 1. The van der Waals surface area contributed by atoms with E-state index in [0.717, 1.165) is 24.2 Å². The lowest BCUT2D eigenvalue weighted by Gasteiger charge is -2.32. The fourth-order valence-corrected chi connectivity index (χ4v) is 3.15. The Balaban J connectivity index is 1.98. The molecule has 0 aromatic heterocycles. The molecule has 0 atom stereocenters. The third kappa shape index (κ3) is 4.38. The van der Waals surface area contributed by atoms with E-state index in [9.17, 15) is 9.59 Å². The third-order valence-electron chi connectivity index (χ3n) is 4.32. The minimum atomic E-state index is -0.0271. The molecular weight excluding hydrogens is 316 g/mol. The molecule has 0 N–H and O–H groups in total. The average Bonchev–Trinajstić information content (AvgIpc) is 2.54. The van der Waals surface area contributed by atoms with Gasteiger partial charge in [-0.05, 0) is 31.0 Å². The van der Waals surface area contributed by atoms with Gasteiger partial charge in [-0.1, -0.05) is 11.6 Å². The molecule has 0 radical (unpaired) electrons. The van der Waals surface area contributed by atoms with Gasteiger partial charge in [0.05, 0.1) is 7.11 Å². The molecular formula is C17H23ClN2O3. The summed E-state index contributed by atoms with van der Waals surface area (Å²) in [6.07, 6.45) is 1.44. The summed E-state index contributed by atoms with van der Waals surface area (Å²) in [7, 11) is 3.39. The Morgan fingerprint density at radius 1 is 1.35 bits per heavy atom. The highest BCUT2D eigenvalue weighted by atomic mass is 35.5. The maximum absolute atomic E-state index is 12.6. The van der Waals surface area contributed by atoms with Crippen molar-refractivity contribution in [1.82, 2.24) is 9.80 Å². The first-order valence-corrected chi connectivity index (χ1v) is 8.13. The molecule has 2 rings (SSSR count). The maximum Gasteiger partial charge on any atom is 0.225 e. The van der Waals surface area contributed by atoms with Crippen molar-refractivity contribution in [1.29, 1.82) is 0 Å². The number of rotatable bonds is 4. The monoisotopic (exact) mass is 338 g/mol. The van der Waals surface area contributed by atoms with Gasteiger partial charge in [0.25, 0.3) is 0 Å². The molecule has 6 heteroatoms. The fraction of sp³-hybridized carbons (Fsp3) is 0.529. The van der Waals surface area contributed by atoms with Crippen molar-refractivity contribution >= 4 is 23.4 Å². The summed E-state index contributed by atoms with van der Waals surface area (Å²) in [5.41, 5.74) is 0.886. The van der Waals surface area contributed by atoms with Crippen molar-refractivity contribution in [3.63, 3.8) is 0 Å². The van der Waals surface area contributed by atoms with Crippen LogP contribution in [0.15, 0.2) is 18.2 Å². The Hall–Kier alpha value is -1.75. The molecule has 23 heavy (non-hydrogen) atoms. The first kappa shape index (κ1) is 17.6. The second-order valence-corrected chi connectivity index (χ2v) is 6.37. The van der Waals surface area contributed by atoms with Gasteiger partial charge < -0.3 is 14.5 Å². The number of amides is 2. The first-order valence-electron chi connectivity index (χ1n) is 7.75. The number of benzene rings is 1. The van der Waals surface area contributed by atoms with Gasteiger partial charge in [-0.2, -0.15) is 0 Å². The molecule has 1 aromatic carbocycles. The van der Waals surface area contributed by atoms with Crippen LogP contribution >= 0.6 is 11.6 Å². The molecule has 0 unspecified atom stereocenters. The van der Waals surface area contributed by atoms with Gasteiger partial charge in [-0.15, -0.1) is 0 Å². The van der Waals surface area contributed by atoms with Crippen molar-refractivity contribution in [2.24, 2.45) is 5.92 Å². The summed E-state index contributed by atoms with van der Waals surface area (Å²) in [6.45, 7) is 3.33. The third-order valence-corrected chi connectivity index (χ3v) is 4.55. The summed E-state index contributed by atoms with van der Waals surface area (Å²) in [4.78, 5) is 27.5. The van der Waals surface area contributed by atoms with Gasteiger partial charge in [-0.3, -0.25) is 9.59 Å². The van der Waals surface area contributed by atoms with Crippen molar-refractivity contribution < 1.29 is 14.3 Å². The normalized spacial score (nSPS) is 15.4. The van der Waals surface area contributed by atoms with Crippen LogP contribution in [0.1, 0.15) is 25.3 Å². The van der Waals surface area contributed by atoms with Crippen molar-refractivity contribution in [2.75, 3.05) is 27.2 Å². The van der Waals surface area contributed by atoms with Gasteiger partial charge in [0, 0.05) is 50.1 Å². The quantitative estimate of drug-likeness (QED) is 0.847. The van der Waals surface area contributed by atoms with Crippen LogP contribution in [0.2, 0.25) is 5.02 Å². The van der Waals surface area contributed by atoms with Crippen LogP contribution in [0, 0.1) is 5.92 Å². The van der Waals surface area contributed by atoms with Crippen LogP contribution < -0.4 is 4.74 Å². The number of carbonyl (C=O) groups is 2. The van der Waals surface area contributed by atoms with E-state index in [1.165, 1.54) is 0 Å². The molecule has 126 valence electrons. The van der Waals surface area contributed by atoms with Crippen LogP contribution in [0.5, 0.6) is 5.75 Å². The van der Waals surface area contributed by atoms with E-state index in [0.29, 0.717) is 24.7 Å². The number of nitrogens with zero attached hydrogens (tertiary/aromatic N) is 2. The minimum absolute atomic E-state index is 0.0271. The van der Waals surface area contributed by atoms with E-state index in [1.807, 2.05) is 6.07 Å². The summed E-state index contributed by atoms with van der Waals surface area (Å²) < 4.78 is 5.33. The Morgan fingerprint density at radius 3 is 2.57 bits per heavy atom. The molecule has 1 aliphatic rings. The van der Waals surface area contributed by atoms with Crippen LogP contribution in [0.3, 0.4) is 0 Å². The molecule has 0 spiro atoms. The Morgan fingerprint density at radius 2 is 2.00 bits per heavy atom. The van der Waals surface area contributed by atoms with Gasteiger partial charge in [-0.25, -0.2) is 0 Å². The van der Waals surface area contributed by atoms with Gasteiger partial charge in [0.15, 0.2) is 0 Å². The Bertz CT molecular complexity index is 583. The van der Waals surface area contributed by atoms with E-state index in [-0.39, 0.29) is 17.7 Å². The average molecular weight is 339 g/mol. The number of methoxy groups -OCH3 is 1. The van der Waals surface area contributed by atoms with E-state index < -0.39 is 0 Å². The SMILES string of the molecule is COc1ccc(Cl)cc1CN(C)C(=O)C1CCN(C(C)=O)CC1. The number of likely N-dealkylation sites (tertiary alicyclic amines) is 1. The van der Waals surface area contributed by atoms with Crippen molar-refractivity contribution in [2.45, 2.75) is 26.3 Å². The molecule has 1 saturated heterocycles. The van der Waals surface area contributed by atoms with Gasteiger partial charge >= 0.3 is 0 Å². The van der Waals surface area contributed by atoms with Crippen LogP contribution in [-0.2, 0) is 16.1 Å². The summed E-state index contributed by atoms with van der Waals surface area (Å²) in [6, 6.07) is 5.40. The molecule has 1 aromatic rings. The van der Waals surface area contributed by atoms with E-state index in [4.69, 9.17) is 16.3 Å². The second kappa shape index (κ2) is 7.68. The zero-order valence-electron chi connectivity index (χ0n) is 13.8. The topological polar surface area (TPSA) is 49.9 Å². The zero-order chi connectivity index (χ0) is 17.0. The van der Waals surface area contributed by atoms with Crippen LogP contribution in [0.4, 0.5) is 0 Å². The summed E-state index contributed by atoms with van der Waals surface area (Å²) in [5, 5.41) is 0.622. The maximum atomic E-state index is 12.6. The molecule has 1 heterocycles. The highest BCUT2D eigenvalue weighted by Gasteiger charge is 2.28. The second-order valence-electron chi connectivity index (χ2n) is 5.93. The number of ether oxygens (including phenoxy) is 1. The lowest BCUT2D eigenvalue weighted by molar-refractivity contribution is -0.139. The number of carbonyl (C=O) groups excluding carboxylic acids is 2. The van der Waals surface area contributed by atoms with Gasteiger partial charge in [0.2, 0.25) is 11.8 Å². The number of hydrogen-bond donors (Lipinski definition) is 0. The standard InChI is InChI=1S/C17H23ClN2O3/c1-12(21)20-8-6-13(7-9-20)17(22)19(2)11-14-10-15(18)4-5-16(14)23-3/h4-5,10,13H,6-9,11H2,1-3H3. The summed E-state index contributed by atoms with van der Waals surface area (Å²) in [5.74, 6) is 0.879. The molecule has 2 amide bonds. The smallest absolute Gasteiger partial charge is 0.225 e. The molecule has 1 fully saturated rings. The van der Waals surface area contributed by atoms with Gasteiger partial charge in [0.1, 0.15) is 5.75 Å². The predicted octanol–water partition coefficient (Wildman–Crippen LogP) is 2.57. The number of halogens is 1. The lowest BCUT2D eigenvalue weighted by atomic mass is 9.95. The molecule has 0 aliphatic carbocycles. The van der Waals surface area contributed by atoms with Crippen LogP contribution in [-0.4, -0.2) is 48.9 Å². The lowest BCUT2D eigenvalue weighted by Crippen LogP contribution is -2.42. The molecule has 5 nitrogen and oxygen atoms in total. The molecule has 1 aliphatic heterocycles. The fourth-order valence-electron chi connectivity index (χ4n) is 2.96. The van der Waals surface area contributed by atoms with E-state index in [1.54, 1.807) is 43.0 Å². The van der Waals surface area contributed by atoms with E-state index in [2.05, 4.69) is 0 Å².